The Bertz CT molecular complexity index is 439. The highest BCUT2D eigenvalue weighted by molar-refractivity contribution is 14.1. The van der Waals surface area contributed by atoms with Crippen LogP contribution in [0, 0.1) is 5.92 Å². The fourth-order valence-corrected chi connectivity index (χ4v) is 2.42. The predicted octanol–water partition coefficient (Wildman–Crippen LogP) is 3.37. The molecule has 0 saturated heterocycles. The van der Waals surface area contributed by atoms with Gasteiger partial charge in [-0.25, -0.2) is 0 Å². The molecule has 2 atom stereocenters. The van der Waals surface area contributed by atoms with Crippen LogP contribution < -0.4 is 0 Å². The van der Waals surface area contributed by atoms with E-state index in [1.807, 2.05) is 0 Å². The first-order chi connectivity index (χ1) is 10.2. The SMILES string of the molecule is COC(=O)C(I)CC(CC(F)(F)C(F)(F)C(F)(F)F)C(=O)OC. The Morgan fingerprint density at radius 2 is 1.39 bits per heavy atom. The van der Waals surface area contributed by atoms with Crippen LogP contribution in [0.1, 0.15) is 12.8 Å². The molecular weight excluding hydrogens is 456 g/mol. The number of hydrogen-bond acceptors (Lipinski definition) is 4. The van der Waals surface area contributed by atoms with Crippen LogP contribution in [0.15, 0.2) is 0 Å². The summed E-state index contributed by atoms with van der Waals surface area (Å²) in [5.41, 5.74) is 0. The second kappa shape index (κ2) is 7.83. The molecule has 0 amide bonds. The molecule has 12 heteroatoms. The Morgan fingerprint density at radius 3 is 1.74 bits per heavy atom. The Morgan fingerprint density at radius 1 is 0.957 bits per heavy atom. The number of ether oxygens (including phenoxy) is 2. The lowest BCUT2D eigenvalue weighted by atomic mass is 9.92. The Kier molecular flexibility index (Phi) is 7.56. The van der Waals surface area contributed by atoms with E-state index in [2.05, 4.69) is 9.47 Å². The van der Waals surface area contributed by atoms with E-state index in [-0.39, 0.29) is 0 Å². The minimum Gasteiger partial charge on any atom is -0.469 e. The average Bonchev–Trinajstić information content (AvgIpc) is 2.42. The second-order valence-electron chi connectivity index (χ2n) is 4.43. The third kappa shape index (κ3) is 5.35. The van der Waals surface area contributed by atoms with Crippen molar-refractivity contribution in [2.24, 2.45) is 5.92 Å². The number of hydrogen-bond donors (Lipinski definition) is 0. The maximum Gasteiger partial charge on any atom is 0.459 e. The van der Waals surface area contributed by atoms with Gasteiger partial charge in [-0.1, -0.05) is 22.6 Å². The highest BCUT2D eigenvalue weighted by Gasteiger charge is 2.73. The van der Waals surface area contributed by atoms with Crippen LogP contribution in [0.5, 0.6) is 0 Å². The third-order valence-corrected chi connectivity index (χ3v) is 3.82. The van der Waals surface area contributed by atoms with E-state index in [9.17, 15) is 40.3 Å². The fourth-order valence-electron chi connectivity index (χ4n) is 1.55. The molecule has 0 aromatic carbocycles. The molecule has 0 spiro atoms. The summed E-state index contributed by atoms with van der Waals surface area (Å²) >= 11 is 1.38. The van der Waals surface area contributed by atoms with Gasteiger partial charge in [-0.3, -0.25) is 9.59 Å². The van der Waals surface area contributed by atoms with Crippen LogP contribution in [-0.4, -0.2) is 48.1 Å². The van der Waals surface area contributed by atoms with Gasteiger partial charge in [0.1, 0.15) is 3.92 Å². The lowest BCUT2D eigenvalue weighted by Gasteiger charge is -2.30. The van der Waals surface area contributed by atoms with Gasteiger partial charge in [0.25, 0.3) is 0 Å². The van der Waals surface area contributed by atoms with Gasteiger partial charge in [-0.05, 0) is 6.42 Å². The molecule has 0 aromatic rings. The molecule has 0 aliphatic heterocycles. The van der Waals surface area contributed by atoms with Crippen molar-refractivity contribution in [3.8, 4) is 0 Å². The standard InChI is InChI=1S/C11H12F7IO4/c1-22-7(20)5(3-6(19)8(21)23-2)4-9(12,13)10(14,15)11(16,17)18/h5-6H,3-4H2,1-2H3. The number of carbonyl (C=O) groups is 2. The van der Waals surface area contributed by atoms with Gasteiger partial charge in [0, 0.05) is 6.42 Å². The lowest BCUT2D eigenvalue weighted by Crippen LogP contribution is -2.53. The molecule has 0 aliphatic rings. The molecule has 2 unspecified atom stereocenters. The minimum atomic E-state index is -6.50. The van der Waals surface area contributed by atoms with Crippen molar-refractivity contribution >= 4 is 34.5 Å². The molecule has 0 aromatic heterocycles. The van der Waals surface area contributed by atoms with E-state index in [0.717, 1.165) is 14.2 Å². The molecule has 0 N–H and O–H groups in total. The van der Waals surface area contributed by atoms with E-state index in [1.165, 1.54) is 22.6 Å². The summed E-state index contributed by atoms with van der Waals surface area (Å²) in [5.74, 6) is -16.3. The van der Waals surface area contributed by atoms with Gasteiger partial charge in [0.2, 0.25) is 0 Å². The average molecular weight is 468 g/mol. The molecule has 4 nitrogen and oxygen atoms in total. The molecule has 0 fully saturated rings. The monoisotopic (exact) mass is 468 g/mol. The van der Waals surface area contributed by atoms with Crippen LogP contribution >= 0.6 is 22.6 Å². The largest absolute Gasteiger partial charge is 0.469 e. The van der Waals surface area contributed by atoms with E-state index < -0.39 is 52.6 Å². The molecule has 0 radical (unpaired) electrons. The summed E-state index contributed by atoms with van der Waals surface area (Å²) in [6, 6.07) is 0. The fraction of sp³-hybridized carbons (Fsp3) is 0.818. The van der Waals surface area contributed by atoms with Crippen molar-refractivity contribution in [1.82, 2.24) is 0 Å². The van der Waals surface area contributed by atoms with E-state index in [1.54, 1.807) is 0 Å². The topological polar surface area (TPSA) is 52.6 Å². The van der Waals surface area contributed by atoms with Crippen LogP contribution in [0.2, 0.25) is 0 Å². The van der Waals surface area contributed by atoms with Crippen LogP contribution in [0.3, 0.4) is 0 Å². The quantitative estimate of drug-likeness (QED) is 0.249. The molecule has 136 valence electrons. The summed E-state index contributed by atoms with van der Waals surface area (Å²) in [6.07, 6.45) is -9.38. The normalized spacial score (nSPS) is 15.7. The molecule has 0 saturated carbocycles. The van der Waals surface area contributed by atoms with Gasteiger partial charge in [-0.2, -0.15) is 30.7 Å². The summed E-state index contributed by atoms with van der Waals surface area (Å²) in [4.78, 5) is 22.6. The van der Waals surface area contributed by atoms with Crippen molar-refractivity contribution in [2.45, 2.75) is 34.8 Å². The first kappa shape index (κ1) is 22.2. The maximum atomic E-state index is 13.4. The van der Waals surface area contributed by atoms with Crippen molar-refractivity contribution in [1.29, 1.82) is 0 Å². The van der Waals surface area contributed by atoms with Crippen LogP contribution in [-0.2, 0) is 19.1 Å². The number of esters is 2. The minimum absolute atomic E-state index is 0.746. The smallest absolute Gasteiger partial charge is 0.459 e. The first-order valence-electron chi connectivity index (χ1n) is 5.83. The van der Waals surface area contributed by atoms with Crippen molar-refractivity contribution in [3.63, 3.8) is 0 Å². The zero-order chi connectivity index (χ0) is 18.6. The molecule has 0 aliphatic carbocycles. The number of carbonyl (C=O) groups excluding carboxylic acids is 2. The Hall–Kier alpha value is -0.820. The summed E-state index contributed by atoms with van der Waals surface area (Å²) < 4.78 is 95.9. The Balaban J connectivity index is 5.39. The predicted molar refractivity (Wildman–Crippen MR) is 70.5 cm³/mol. The van der Waals surface area contributed by atoms with Gasteiger partial charge in [0.15, 0.2) is 0 Å². The molecule has 0 rings (SSSR count). The van der Waals surface area contributed by atoms with Gasteiger partial charge in [-0.15, -0.1) is 0 Å². The van der Waals surface area contributed by atoms with E-state index in [4.69, 9.17) is 0 Å². The zero-order valence-electron chi connectivity index (χ0n) is 11.7. The summed E-state index contributed by atoms with van der Waals surface area (Å²) in [7, 11) is 1.70. The van der Waals surface area contributed by atoms with Crippen molar-refractivity contribution in [2.75, 3.05) is 14.2 Å². The molecular formula is C11H12F7IO4. The van der Waals surface area contributed by atoms with E-state index in [0.29, 0.717) is 0 Å². The molecule has 0 heterocycles. The highest BCUT2D eigenvalue weighted by Crippen LogP contribution is 2.49. The highest BCUT2D eigenvalue weighted by atomic mass is 127. The summed E-state index contributed by atoms with van der Waals surface area (Å²) in [6.45, 7) is 0. The molecule has 0 bridgehead atoms. The number of rotatable bonds is 7. The van der Waals surface area contributed by atoms with Gasteiger partial charge in [0.05, 0.1) is 20.1 Å². The van der Waals surface area contributed by atoms with Crippen LogP contribution in [0.25, 0.3) is 0 Å². The number of halogens is 8. The number of alkyl halides is 8. The van der Waals surface area contributed by atoms with Crippen LogP contribution in [0.4, 0.5) is 30.7 Å². The van der Waals surface area contributed by atoms with Crippen molar-refractivity contribution < 1.29 is 49.8 Å². The Labute approximate surface area is 139 Å². The summed E-state index contributed by atoms with van der Waals surface area (Å²) in [5, 5.41) is 0. The maximum absolute atomic E-state index is 13.4. The second-order valence-corrected chi connectivity index (χ2v) is 5.93. The number of methoxy groups -OCH3 is 2. The zero-order valence-corrected chi connectivity index (χ0v) is 13.9. The lowest BCUT2D eigenvalue weighted by molar-refractivity contribution is -0.357. The third-order valence-electron chi connectivity index (χ3n) is 2.80. The first-order valence-corrected chi connectivity index (χ1v) is 7.08. The molecule has 23 heavy (non-hydrogen) atoms. The van der Waals surface area contributed by atoms with Crippen molar-refractivity contribution in [3.05, 3.63) is 0 Å². The van der Waals surface area contributed by atoms with Gasteiger partial charge < -0.3 is 9.47 Å². The van der Waals surface area contributed by atoms with Gasteiger partial charge >= 0.3 is 30.0 Å². The van der Waals surface area contributed by atoms with E-state index >= 15 is 0 Å².